The number of benzene rings is 3. The van der Waals surface area contributed by atoms with Crippen molar-refractivity contribution in [3.8, 4) is 0 Å². The van der Waals surface area contributed by atoms with Gasteiger partial charge in [-0.2, -0.15) is 0 Å². The van der Waals surface area contributed by atoms with Gasteiger partial charge in [0.1, 0.15) is 12.6 Å². The summed E-state index contributed by atoms with van der Waals surface area (Å²) < 4.78 is 27.5. The standard InChI is InChI=1S/C29H33BrClN3O4S/c1-4-21(2)32-29(36)27(18-22-8-6-5-7-9-22)33(19-23-10-12-24(30)13-11-23)28(35)20-34(39(3,37)38)26-16-14-25(31)15-17-26/h5-17,21,27H,4,18-20H2,1-3H3,(H,32,36)/t21-,27+/m0/s1. The molecular weight excluding hydrogens is 602 g/mol. The lowest BCUT2D eigenvalue weighted by atomic mass is 10.0. The van der Waals surface area contributed by atoms with Crippen molar-refractivity contribution >= 4 is 55.1 Å². The van der Waals surface area contributed by atoms with Crippen LogP contribution in [-0.2, 0) is 32.6 Å². The molecule has 0 unspecified atom stereocenters. The van der Waals surface area contributed by atoms with E-state index in [1.165, 1.54) is 4.90 Å². The van der Waals surface area contributed by atoms with E-state index in [1.807, 2.05) is 68.4 Å². The fourth-order valence-corrected chi connectivity index (χ4v) is 5.24. The predicted molar refractivity (Wildman–Crippen MR) is 160 cm³/mol. The van der Waals surface area contributed by atoms with E-state index in [2.05, 4.69) is 21.2 Å². The van der Waals surface area contributed by atoms with Crippen molar-refractivity contribution in [2.75, 3.05) is 17.1 Å². The van der Waals surface area contributed by atoms with Gasteiger partial charge >= 0.3 is 0 Å². The Morgan fingerprint density at radius 2 is 1.56 bits per heavy atom. The molecule has 208 valence electrons. The number of hydrogen-bond donors (Lipinski definition) is 1. The Labute approximate surface area is 244 Å². The molecule has 3 aromatic carbocycles. The first-order valence-electron chi connectivity index (χ1n) is 12.6. The van der Waals surface area contributed by atoms with Crippen LogP contribution in [-0.4, -0.2) is 50.0 Å². The van der Waals surface area contributed by atoms with Gasteiger partial charge in [-0.05, 0) is 60.9 Å². The molecule has 0 aliphatic heterocycles. The highest BCUT2D eigenvalue weighted by Gasteiger charge is 2.33. The Balaban J connectivity index is 2.04. The molecule has 0 aliphatic rings. The highest BCUT2D eigenvalue weighted by Crippen LogP contribution is 2.22. The first-order chi connectivity index (χ1) is 18.5. The third kappa shape index (κ3) is 9.08. The van der Waals surface area contributed by atoms with Crippen LogP contribution in [0, 0.1) is 0 Å². The van der Waals surface area contributed by atoms with Crippen LogP contribution >= 0.6 is 27.5 Å². The molecule has 0 saturated heterocycles. The van der Waals surface area contributed by atoms with Crippen molar-refractivity contribution < 1.29 is 18.0 Å². The maximum absolute atomic E-state index is 14.0. The average Bonchev–Trinajstić information content (AvgIpc) is 2.90. The van der Waals surface area contributed by atoms with Crippen LogP contribution in [0.2, 0.25) is 5.02 Å². The smallest absolute Gasteiger partial charge is 0.244 e. The molecule has 1 N–H and O–H groups in total. The normalized spacial score (nSPS) is 12.8. The highest BCUT2D eigenvalue weighted by molar-refractivity contribution is 9.10. The number of hydrogen-bond acceptors (Lipinski definition) is 4. The van der Waals surface area contributed by atoms with Gasteiger partial charge in [-0.15, -0.1) is 0 Å². The first-order valence-corrected chi connectivity index (χ1v) is 15.6. The summed E-state index contributed by atoms with van der Waals surface area (Å²) in [5, 5.41) is 3.46. The molecule has 2 amide bonds. The first kappa shape index (κ1) is 30.7. The van der Waals surface area contributed by atoms with E-state index in [0.29, 0.717) is 10.7 Å². The second-order valence-electron chi connectivity index (χ2n) is 9.42. The van der Waals surface area contributed by atoms with Gasteiger partial charge in [-0.3, -0.25) is 13.9 Å². The molecule has 39 heavy (non-hydrogen) atoms. The van der Waals surface area contributed by atoms with Crippen LogP contribution in [0.1, 0.15) is 31.4 Å². The van der Waals surface area contributed by atoms with Crippen LogP contribution in [0.5, 0.6) is 0 Å². The molecule has 3 aromatic rings. The molecule has 10 heteroatoms. The molecule has 0 fully saturated rings. The minimum absolute atomic E-state index is 0.0954. The van der Waals surface area contributed by atoms with Crippen molar-refractivity contribution in [2.45, 2.75) is 45.3 Å². The summed E-state index contributed by atoms with van der Waals surface area (Å²) in [6, 6.07) is 22.2. The van der Waals surface area contributed by atoms with E-state index < -0.39 is 28.5 Å². The number of halogens is 2. The number of rotatable bonds is 12. The monoisotopic (exact) mass is 633 g/mol. The van der Waals surface area contributed by atoms with Gasteiger partial charge in [0.15, 0.2) is 0 Å². The van der Waals surface area contributed by atoms with Crippen molar-refractivity contribution in [1.29, 1.82) is 0 Å². The van der Waals surface area contributed by atoms with Gasteiger partial charge in [0.05, 0.1) is 11.9 Å². The van der Waals surface area contributed by atoms with Crippen molar-refractivity contribution in [1.82, 2.24) is 10.2 Å². The number of sulfonamides is 1. The highest BCUT2D eigenvalue weighted by atomic mass is 79.9. The third-order valence-corrected chi connectivity index (χ3v) is 8.25. The minimum Gasteiger partial charge on any atom is -0.352 e. The van der Waals surface area contributed by atoms with E-state index in [-0.39, 0.29) is 24.9 Å². The van der Waals surface area contributed by atoms with Crippen LogP contribution in [0.15, 0.2) is 83.3 Å². The summed E-state index contributed by atoms with van der Waals surface area (Å²) in [5.41, 5.74) is 1.99. The summed E-state index contributed by atoms with van der Waals surface area (Å²) in [6.07, 6.45) is 2.04. The molecule has 0 aliphatic carbocycles. The number of amides is 2. The minimum atomic E-state index is -3.83. The summed E-state index contributed by atoms with van der Waals surface area (Å²) in [6.45, 7) is 3.52. The average molecular weight is 635 g/mol. The van der Waals surface area contributed by atoms with Crippen molar-refractivity contribution in [3.05, 3.63) is 99.5 Å². The number of carbonyl (C=O) groups excluding carboxylic acids is 2. The third-order valence-electron chi connectivity index (χ3n) is 6.33. The van der Waals surface area contributed by atoms with Crippen LogP contribution in [0.4, 0.5) is 5.69 Å². The number of nitrogens with zero attached hydrogens (tertiary/aromatic N) is 2. The maximum atomic E-state index is 14.0. The SMILES string of the molecule is CC[C@H](C)NC(=O)[C@@H](Cc1ccccc1)N(Cc1ccc(Br)cc1)C(=O)CN(c1ccc(Cl)cc1)S(C)(=O)=O. The zero-order chi connectivity index (χ0) is 28.6. The number of anilines is 1. The quantitative estimate of drug-likeness (QED) is 0.288. The molecule has 0 saturated carbocycles. The Hall–Kier alpha value is -2.88. The van der Waals surface area contributed by atoms with E-state index in [9.17, 15) is 18.0 Å². The Bertz CT molecular complexity index is 1350. The topological polar surface area (TPSA) is 86.8 Å². The van der Waals surface area contributed by atoms with Gasteiger partial charge in [-0.25, -0.2) is 8.42 Å². The summed E-state index contributed by atoms with van der Waals surface area (Å²) >= 11 is 9.43. The van der Waals surface area contributed by atoms with Gasteiger partial charge in [0.2, 0.25) is 21.8 Å². The van der Waals surface area contributed by atoms with E-state index in [4.69, 9.17) is 11.6 Å². The Morgan fingerprint density at radius 1 is 0.949 bits per heavy atom. The number of nitrogens with one attached hydrogen (secondary N) is 1. The molecular formula is C29H33BrClN3O4S. The summed E-state index contributed by atoms with van der Waals surface area (Å²) in [5.74, 6) is -0.797. The Kier molecular flexibility index (Phi) is 11.0. The largest absolute Gasteiger partial charge is 0.352 e. The molecule has 0 spiro atoms. The molecule has 3 rings (SSSR count). The van der Waals surface area contributed by atoms with Crippen LogP contribution in [0.3, 0.4) is 0 Å². The molecule has 0 aromatic heterocycles. The van der Waals surface area contributed by atoms with E-state index >= 15 is 0 Å². The van der Waals surface area contributed by atoms with Gasteiger partial charge in [0, 0.05) is 28.5 Å². The maximum Gasteiger partial charge on any atom is 0.244 e. The molecule has 0 heterocycles. The van der Waals surface area contributed by atoms with Crippen LogP contribution < -0.4 is 9.62 Å². The van der Waals surface area contributed by atoms with Gasteiger partial charge in [-0.1, -0.05) is 76.9 Å². The molecule has 7 nitrogen and oxygen atoms in total. The predicted octanol–water partition coefficient (Wildman–Crippen LogP) is 5.42. The van der Waals surface area contributed by atoms with Crippen molar-refractivity contribution in [2.24, 2.45) is 0 Å². The Morgan fingerprint density at radius 3 is 2.13 bits per heavy atom. The second kappa shape index (κ2) is 14.0. The van der Waals surface area contributed by atoms with E-state index in [1.54, 1.807) is 24.3 Å². The van der Waals surface area contributed by atoms with Crippen molar-refractivity contribution in [3.63, 3.8) is 0 Å². The molecule has 2 atom stereocenters. The lowest BCUT2D eigenvalue weighted by molar-refractivity contribution is -0.140. The molecule has 0 radical (unpaired) electrons. The fraction of sp³-hybridized carbons (Fsp3) is 0.310. The fourth-order valence-electron chi connectivity index (χ4n) is 4.00. The summed E-state index contributed by atoms with van der Waals surface area (Å²) in [7, 11) is -3.83. The number of carbonyl (C=O) groups is 2. The zero-order valence-corrected chi connectivity index (χ0v) is 25.3. The van der Waals surface area contributed by atoms with Crippen LogP contribution in [0.25, 0.3) is 0 Å². The lowest BCUT2D eigenvalue weighted by Gasteiger charge is -2.34. The van der Waals surface area contributed by atoms with E-state index in [0.717, 1.165) is 32.6 Å². The second-order valence-corrected chi connectivity index (χ2v) is 12.7. The zero-order valence-electron chi connectivity index (χ0n) is 22.2. The van der Waals surface area contributed by atoms with Gasteiger partial charge < -0.3 is 10.2 Å². The van der Waals surface area contributed by atoms with Gasteiger partial charge in [0.25, 0.3) is 0 Å². The molecule has 0 bridgehead atoms. The summed E-state index contributed by atoms with van der Waals surface area (Å²) in [4.78, 5) is 29.1. The lowest BCUT2D eigenvalue weighted by Crippen LogP contribution is -2.54.